The average molecular weight is 539 g/mol. The molecule has 1 aliphatic rings. The molecule has 38 heavy (non-hydrogen) atoms. The molecule has 1 unspecified atom stereocenters. The van der Waals surface area contributed by atoms with Crippen LogP contribution >= 0.6 is 11.3 Å². The Hall–Kier alpha value is -4.38. The molecule has 0 saturated carbocycles. The number of amides is 1. The number of aliphatic hydroxyl groups excluding tert-OH is 1. The van der Waals surface area contributed by atoms with Gasteiger partial charge in [0.25, 0.3) is 5.78 Å². The van der Waals surface area contributed by atoms with Gasteiger partial charge in [0, 0.05) is 5.56 Å². The summed E-state index contributed by atoms with van der Waals surface area (Å²) in [5.41, 5.74) is 0.776. The van der Waals surface area contributed by atoms with Crippen molar-refractivity contribution in [2.24, 2.45) is 0 Å². The topological polar surface area (TPSA) is 135 Å². The Morgan fingerprint density at radius 1 is 1.13 bits per heavy atom. The minimum absolute atomic E-state index is 0.0758. The molecule has 0 bridgehead atoms. The quantitative estimate of drug-likeness (QED) is 0.185. The summed E-state index contributed by atoms with van der Waals surface area (Å²) in [4.78, 5) is 45.0. The number of hydrogen-bond acceptors (Lipinski definition) is 10. The highest BCUT2D eigenvalue weighted by Gasteiger charge is 2.48. The number of ketones is 1. The van der Waals surface area contributed by atoms with Gasteiger partial charge in [-0.3, -0.25) is 14.5 Å². The predicted molar refractivity (Wildman–Crippen MR) is 140 cm³/mol. The molecule has 2 heterocycles. The first-order valence-electron chi connectivity index (χ1n) is 11.8. The number of rotatable bonds is 8. The standard InChI is InChI=1S/C27H26N2O8S/c1-5-36-17-9-7-8-16(12-17)22(31)20-21(15-10-11-18(30)19(13-15)35-4)29(25(33)23(20)32)27-28-14(3)24(38-27)26(34)37-6-2/h7-13,21,30-31H,5-6H2,1-4H3. The van der Waals surface area contributed by atoms with Crippen LogP contribution in [0.25, 0.3) is 5.76 Å². The minimum atomic E-state index is -1.14. The number of anilines is 1. The average Bonchev–Trinajstić information content (AvgIpc) is 3.41. The van der Waals surface area contributed by atoms with Gasteiger partial charge in [-0.25, -0.2) is 9.78 Å². The van der Waals surface area contributed by atoms with E-state index < -0.39 is 29.5 Å². The number of phenols is 1. The van der Waals surface area contributed by atoms with Crippen LogP contribution in [0.5, 0.6) is 17.2 Å². The zero-order valence-electron chi connectivity index (χ0n) is 21.2. The second-order valence-corrected chi connectivity index (χ2v) is 9.17. The van der Waals surface area contributed by atoms with Gasteiger partial charge < -0.3 is 24.4 Å². The summed E-state index contributed by atoms with van der Waals surface area (Å²) in [7, 11) is 1.37. The summed E-state index contributed by atoms with van der Waals surface area (Å²) in [6, 6.07) is 9.72. The molecule has 1 atom stereocenters. The van der Waals surface area contributed by atoms with Crippen LogP contribution < -0.4 is 14.4 Å². The van der Waals surface area contributed by atoms with Crippen LogP contribution in [0, 0.1) is 6.92 Å². The van der Waals surface area contributed by atoms with Crippen LogP contribution in [0.4, 0.5) is 5.13 Å². The third-order valence-corrected chi connectivity index (χ3v) is 6.97. The van der Waals surface area contributed by atoms with Gasteiger partial charge in [0.15, 0.2) is 16.6 Å². The fourth-order valence-corrected chi connectivity index (χ4v) is 5.12. The smallest absolute Gasteiger partial charge is 0.350 e. The molecule has 1 fully saturated rings. The third kappa shape index (κ3) is 4.80. The zero-order valence-corrected chi connectivity index (χ0v) is 22.0. The van der Waals surface area contributed by atoms with E-state index in [4.69, 9.17) is 14.2 Å². The lowest BCUT2D eigenvalue weighted by Crippen LogP contribution is -2.29. The number of hydrogen-bond donors (Lipinski definition) is 2. The van der Waals surface area contributed by atoms with Crippen molar-refractivity contribution in [1.82, 2.24) is 4.98 Å². The summed E-state index contributed by atoms with van der Waals surface area (Å²) in [6.07, 6.45) is 0. The molecule has 10 nitrogen and oxygen atoms in total. The number of aliphatic hydroxyl groups is 1. The fraction of sp³-hybridized carbons (Fsp3) is 0.259. The molecule has 3 aromatic rings. The van der Waals surface area contributed by atoms with E-state index in [0.717, 1.165) is 16.2 Å². The molecular weight excluding hydrogens is 512 g/mol. The zero-order chi connectivity index (χ0) is 27.6. The van der Waals surface area contributed by atoms with Crippen LogP contribution in [-0.4, -0.2) is 53.2 Å². The number of methoxy groups -OCH3 is 1. The molecule has 1 aliphatic heterocycles. The van der Waals surface area contributed by atoms with Gasteiger partial charge >= 0.3 is 11.9 Å². The monoisotopic (exact) mass is 538 g/mol. The first-order chi connectivity index (χ1) is 18.2. The van der Waals surface area contributed by atoms with E-state index in [1.807, 2.05) is 6.92 Å². The van der Waals surface area contributed by atoms with Crippen LogP contribution in [0.2, 0.25) is 0 Å². The lowest BCUT2D eigenvalue weighted by Gasteiger charge is -2.23. The van der Waals surface area contributed by atoms with Crippen molar-refractivity contribution < 1.29 is 38.8 Å². The first kappa shape index (κ1) is 26.7. The van der Waals surface area contributed by atoms with E-state index in [1.165, 1.54) is 25.3 Å². The second-order valence-electron chi connectivity index (χ2n) is 8.19. The summed E-state index contributed by atoms with van der Waals surface area (Å²) in [5, 5.41) is 21.6. The maximum atomic E-state index is 13.4. The Labute approximate surface area is 222 Å². The van der Waals surface area contributed by atoms with E-state index in [0.29, 0.717) is 23.6 Å². The molecule has 1 saturated heterocycles. The SMILES string of the molecule is CCOC(=O)c1sc(N2C(=O)C(=O)C(=C(O)c3cccc(OCC)c3)C2c2ccc(O)c(OC)c2)nc1C. The molecule has 2 N–H and O–H groups in total. The number of esters is 1. The summed E-state index contributed by atoms with van der Waals surface area (Å²) in [5.74, 6) is -2.45. The van der Waals surface area contributed by atoms with Crippen LogP contribution in [0.1, 0.15) is 46.4 Å². The van der Waals surface area contributed by atoms with Crippen molar-refractivity contribution in [3.05, 3.63) is 69.7 Å². The Bertz CT molecular complexity index is 1440. The molecule has 2 aromatic carbocycles. The van der Waals surface area contributed by atoms with Gasteiger partial charge in [0.1, 0.15) is 16.4 Å². The van der Waals surface area contributed by atoms with Gasteiger partial charge in [-0.2, -0.15) is 0 Å². The van der Waals surface area contributed by atoms with E-state index >= 15 is 0 Å². The number of phenolic OH excluding ortho intramolecular Hbond substituents is 1. The number of carbonyl (C=O) groups is 3. The Balaban J connectivity index is 1.93. The van der Waals surface area contributed by atoms with Crippen molar-refractivity contribution in [3.8, 4) is 17.2 Å². The molecule has 0 spiro atoms. The number of thiazole rings is 1. The van der Waals surface area contributed by atoms with Crippen molar-refractivity contribution in [3.63, 3.8) is 0 Å². The second kappa shape index (κ2) is 10.9. The van der Waals surface area contributed by atoms with Crippen LogP contribution in [0.3, 0.4) is 0 Å². The molecule has 11 heteroatoms. The number of ether oxygens (including phenoxy) is 3. The molecule has 1 amide bonds. The number of aromatic nitrogens is 1. The summed E-state index contributed by atoms with van der Waals surface area (Å²) in [6.45, 7) is 5.64. The summed E-state index contributed by atoms with van der Waals surface area (Å²) >= 11 is 0.903. The normalized spacial score (nSPS) is 16.5. The van der Waals surface area contributed by atoms with Gasteiger partial charge in [-0.15, -0.1) is 0 Å². The lowest BCUT2D eigenvalue weighted by atomic mass is 9.95. The largest absolute Gasteiger partial charge is 0.507 e. The Morgan fingerprint density at radius 2 is 1.89 bits per heavy atom. The Kier molecular flexibility index (Phi) is 7.67. The maximum Gasteiger partial charge on any atom is 0.350 e. The fourth-order valence-electron chi connectivity index (χ4n) is 4.14. The highest BCUT2D eigenvalue weighted by atomic mass is 32.1. The van der Waals surface area contributed by atoms with E-state index in [-0.39, 0.29) is 39.3 Å². The van der Waals surface area contributed by atoms with Gasteiger partial charge in [0.2, 0.25) is 0 Å². The highest BCUT2D eigenvalue weighted by molar-refractivity contribution is 7.17. The molecule has 198 valence electrons. The van der Waals surface area contributed by atoms with Gasteiger partial charge in [0.05, 0.1) is 37.6 Å². The third-order valence-electron chi connectivity index (χ3n) is 5.83. The predicted octanol–water partition coefficient (Wildman–Crippen LogP) is 4.37. The molecule has 1 aromatic heterocycles. The Morgan fingerprint density at radius 3 is 2.58 bits per heavy atom. The van der Waals surface area contributed by atoms with Crippen molar-refractivity contribution >= 4 is 39.9 Å². The highest BCUT2D eigenvalue weighted by Crippen LogP contribution is 2.45. The number of aromatic hydroxyl groups is 1. The van der Waals surface area contributed by atoms with E-state index in [9.17, 15) is 24.6 Å². The number of nitrogens with zero attached hydrogens (tertiary/aromatic N) is 2. The number of benzene rings is 2. The van der Waals surface area contributed by atoms with Gasteiger partial charge in [-0.1, -0.05) is 29.5 Å². The van der Waals surface area contributed by atoms with E-state index in [2.05, 4.69) is 4.98 Å². The maximum absolute atomic E-state index is 13.4. The number of aryl methyl sites for hydroxylation is 1. The molecule has 4 rings (SSSR count). The van der Waals surface area contributed by atoms with Crippen LogP contribution in [0.15, 0.2) is 48.0 Å². The number of carbonyl (C=O) groups excluding carboxylic acids is 3. The molecular formula is C27H26N2O8S. The number of Topliss-reactive ketones (excluding diaryl/α,β-unsaturated/α-hetero) is 1. The molecule has 0 radical (unpaired) electrons. The first-order valence-corrected chi connectivity index (χ1v) is 12.6. The van der Waals surface area contributed by atoms with Crippen molar-refractivity contribution in [2.75, 3.05) is 25.2 Å². The van der Waals surface area contributed by atoms with E-state index in [1.54, 1.807) is 38.1 Å². The van der Waals surface area contributed by atoms with Crippen LogP contribution in [-0.2, 0) is 14.3 Å². The minimum Gasteiger partial charge on any atom is -0.507 e. The summed E-state index contributed by atoms with van der Waals surface area (Å²) < 4.78 is 15.8. The van der Waals surface area contributed by atoms with Crippen molar-refractivity contribution in [2.45, 2.75) is 26.8 Å². The van der Waals surface area contributed by atoms with Crippen molar-refractivity contribution in [1.29, 1.82) is 0 Å². The van der Waals surface area contributed by atoms with Gasteiger partial charge in [-0.05, 0) is 50.6 Å². The lowest BCUT2D eigenvalue weighted by molar-refractivity contribution is -0.132. The molecule has 0 aliphatic carbocycles.